The second kappa shape index (κ2) is 6.55. The van der Waals surface area contributed by atoms with E-state index in [4.69, 9.17) is 4.74 Å². The third-order valence-electron chi connectivity index (χ3n) is 3.41. The molecule has 2 rings (SSSR count). The van der Waals surface area contributed by atoms with E-state index < -0.39 is 0 Å². The van der Waals surface area contributed by atoms with E-state index in [2.05, 4.69) is 23.5 Å². The standard InChI is InChI=1S/C15H21NO2/c1-18-9-8-16-15(17)11-12-6-7-13-4-2-3-5-14(13)10-12/h6-7,10H,2-5,8-9,11H2,1H3,(H,16,17). The maximum Gasteiger partial charge on any atom is 0.224 e. The fourth-order valence-corrected chi connectivity index (χ4v) is 2.44. The van der Waals surface area contributed by atoms with Gasteiger partial charge >= 0.3 is 0 Å². The van der Waals surface area contributed by atoms with Crippen LogP contribution < -0.4 is 5.32 Å². The van der Waals surface area contributed by atoms with Crippen LogP contribution >= 0.6 is 0 Å². The molecule has 0 saturated carbocycles. The first-order chi connectivity index (χ1) is 8.79. The molecule has 1 aromatic carbocycles. The zero-order valence-electron chi connectivity index (χ0n) is 11.0. The summed E-state index contributed by atoms with van der Waals surface area (Å²) < 4.78 is 4.90. The molecule has 18 heavy (non-hydrogen) atoms. The first-order valence-corrected chi connectivity index (χ1v) is 6.66. The fraction of sp³-hybridized carbons (Fsp3) is 0.533. The molecule has 98 valence electrons. The van der Waals surface area contributed by atoms with Gasteiger partial charge in [0.1, 0.15) is 0 Å². The lowest BCUT2D eigenvalue weighted by atomic mass is 9.90. The lowest BCUT2D eigenvalue weighted by Gasteiger charge is -2.16. The predicted octanol–water partition coefficient (Wildman–Crippen LogP) is 1.87. The molecule has 1 N–H and O–H groups in total. The fourth-order valence-electron chi connectivity index (χ4n) is 2.44. The average molecular weight is 247 g/mol. The molecular weight excluding hydrogens is 226 g/mol. The molecule has 0 saturated heterocycles. The lowest BCUT2D eigenvalue weighted by molar-refractivity contribution is -0.120. The monoisotopic (exact) mass is 247 g/mol. The number of hydrogen-bond donors (Lipinski definition) is 1. The van der Waals surface area contributed by atoms with Gasteiger partial charge in [-0.1, -0.05) is 18.2 Å². The molecule has 0 fully saturated rings. The molecule has 3 heteroatoms. The predicted molar refractivity (Wildman–Crippen MR) is 71.7 cm³/mol. The van der Waals surface area contributed by atoms with Crippen molar-refractivity contribution in [3.63, 3.8) is 0 Å². The van der Waals surface area contributed by atoms with E-state index in [1.165, 1.54) is 30.4 Å². The van der Waals surface area contributed by atoms with E-state index in [0.717, 1.165) is 12.0 Å². The normalized spacial score (nSPS) is 14.1. The van der Waals surface area contributed by atoms with Crippen LogP contribution in [-0.4, -0.2) is 26.2 Å². The molecule has 0 unspecified atom stereocenters. The van der Waals surface area contributed by atoms with Crippen LogP contribution in [0.15, 0.2) is 18.2 Å². The molecule has 0 atom stereocenters. The van der Waals surface area contributed by atoms with Crippen LogP contribution in [0, 0.1) is 0 Å². The molecule has 0 spiro atoms. The van der Waals surface area contributed by atoms with E-state index in [0.29, 0.717) is 19.6 Å². The summed E-state index contributed by atoms with van der Waals surface area (Å²) in [6, 6.07) is 6.47. The van der Waals surface area contributed by atoms with Gasteiger partial charge < -0.3 is 10.1 Å². The van der Waals surface area contributed by atoms with Crippen molar-refractivity contribution in [2.75, 3.05) is 20.3 Å². The van der Waals surface area contributed by atoms with Gasteiger partial charge in [0.15, 0.2) is 0 Å². The second-order valence-electron chi connectivity index (χ2n) is 4.83. The van der Waals surface area contributed by atoms with Crippen LogP contribution in [0.25, 0.3) is 0 Å². The van der Waals surface area contributed by atoms with Crippen LogP contribution in [0.5, 0.6) is 0 Å². The minimum absolute atomic E-state index is 0.0720. The van der Waals surface area contributed by atoms with Gasteiger partial charge in [-0.25, -0.2) is 0 Å². The van der Waals surface area contributed by atoms with Crippen LogP contribution in [0.1, 0.15) is 29.5 Å². The number of carbonyl (C=O) groups is 1. The van der Waals surface area contributed by atoms with Crippen LogP contribution in [0.4, 0.5) is 0 Å². The SMILES string of the molecule is COCCNC(=O)Cc1ccc2c(c1)CCCC2. The highest BCUT2D eigenvalue weighted by Gasteiger charge is 2.10. The number of carbonyl (C=O) groups excluding carboxylic acids is 1. The van der Waals surface area contributed by atoms with Gasteiger partial charge in [-0.15, -0.1) is 0 Å². The topological polar surface area (TPSA) is 38.3 Å². The number of benzene rings is 1. The van der Waals surface area contributed by atoms with Crippen molar-refractivity contribution in [2.24, 2.45) is 0 Å². The summed E-state index contributed by atoms with van der Waals surface area (Å²) >= 11 is 0. The first-order valence-electron chi connectivity index (χ1n) is 6.66. The zero-order valence-corrected chi connectivity index (χ0v) is 11.0. The van der Waals surface area contributed by atoms with Gasteiger partial charge in [0.05, 0.1) is 13.0 Å². The maximum absolute atomic E-state index is 11.7. The molecule has 0 aromatic heterocycles. The Balaban J connectivity index is 1.91. The smallest absolute Gasteiger partial charge is 0.224 e. The van der Waals surface area contributed by atoms with E-state index in [9.17, 15) is 4.79 Å². The van der Waals surface area contributed by atoms with E-state index in [1.807, 2.05) is 0 Å². The summed E-state index contributed by atoms with van der Waals surface area (Å²) in [6.07, 6.45) is 5.39. The second-order valence-corrected chi connectivity index (χ2v) is 4.83. The highest BCUT2D eigenvalue weighted by molar-refractivity contribution is 5.78. The number of hydrogen-bond acceptors (Lipinski definition) is 2. The van der Waals surface area contributed by atoms with Crippen LogP contribution in [0.2, 0.25) is 0 Å². The van der Waals surface area contributed by atoms with Crippen molar-refractivity contribution in [2.45, 2.75) is 32.1 Å². The number of nitrogens with one attached hydrogen (secondary N) is 1. The first kappa shape index (κ1) is 13.1. The summed E-state index contributed by atoms with van der Waals surface area (Å²) in [5.41, 5.74) is 4.01. The van der Waals surface area contributed by atoms with Gasteiger partial charge in [-0.05, 0) is 42.4 Å². The van der Waals surface area contributed by atoms with Crippen LogP contribution in [-0.2, 0) is 28.8 Å². The Bertz CT molecular complexity index is 415. The zero-order chi connectivity index (χ0) is 12.8. The Kier molecular flexibility index (Phi) is 4.76. The third kappa shape index (κ3) is 3.57. The minimum atomic E-state index is 0.0720. The van der Waals surface area contributed by atoms with Crippen LogP contribution in [0.3, 0.4) is 0 Å². The summed E-state index contributed by atoms with van der Waals surface area (Å²) in [7, 11) is 1.63. The van der Waals surface area contributed by atoms with E-state index in [1.54, 1.807) is 7.11 Å². The summed E-state index contributed by atoms with van der Waals surface area (Å²) in [5.74, 6) is 0.0720. The Morgan fingerprint density at radius 2 is 2.06 bits per heavy atom. The van der Waals surface area contributed by atoms with E-state index in [-0.39, 0.29) is 5.91 Å². The maximum atomic E-state index is 11.7. The van der Waals surface area contributed by atoms with Crippen molar-refractivity contribution in [1.82, 2.24) is 5.32 Å². The summed E-state index contributed by atoms with van der Waals surface area (Å²) in [5, 5.41) is 2.85. The molecule has 1 aromatic rings. The average Bonchev–Trinajstić information content (AvgIpc) is 2.39. The molecule has 1 amide bonds. The van der Waals surface area contributed by atoms with Crippen molar-refractivity contribution in [1.29, 1.82) is 0 Å². The molecule has 0 radical (unpaired) electrons. The number of aryl methyl sites for hydroxylation is 2. The Morgan fingerprint density at radius 3 is 2.83 bits per heavy atom. The van der Waals surface area contributed by atoms with E-state index >= 15 is 0 Å². The van der Waals surface area contributed by atoms with Crippen molar-refractivity contribution in [3.05, 3.63) is 34.9 Å². The molecule has 0 bridgehead atoms. The number of amides is 1. The molecule has 0 aliphatic heterocycles. The molecule has 1 aliphatic carbocycles. The van der Waals surface area contributed by atoms with Gasteiger partial charge in [0.2, 0.25) is 5.91 Å². The highest BCUT2D eigenvalue weighted by atomic mass is 16.5. The summed E-state index contributed by atoms with van der Waals surface area (Å²) in [6.45, 7) is 1.15. The molecule has 3 nitrogen and oxygen atoms in total. The molecule has 0 heterocycles. The third-order valence-corrected chi connectivity index (χ3v) is 3.41. The summed E-state index contributed by atoms with van der Waals surface area (Å²) in [4.78, 5) is 11.7. The Hall–Kier alpha value is -1.35. The van der Waals surface area contributed by atoms with Crippen molar-refractivity contribution in [3.8, 4) is 0 Å². The number of ether oxygens (including phenoxy) is 1. The highest BCUT2D eigenvalue weighted by Crippen LogP contribution is 2.22. The molecular formula is C15H21NO2. The minimum Gasteiger partial charge on any atom is -0.383 e. The number of rotatable bonds is 5. The Morgan fingerprint density at radius 1 is 1.28 bits per heavy atom. The quantitative estimate of drug-likeness (QED) is 0.807. The van der Waals surface area contributed by atoms with Crippen molar-refractivity contribution >= 4 is 5.91 Å². The molecule has 1 aliphatic rings. The Labute approximate surface area is 109 Å². The van der Waals surface area contributed by atoms with Crippen molar-refractivity contribution < 1.29 is 9.53 Å². The lowest BCUT2D eigenvalue weighted by Crippen LogP contribution is -2.28. The largest absolute Gasteiger partial charge is 0.383 e. The van der Waals surface area contributed by atoms with Gasteiger partial charge in [-0.3, -0.25) is 4.79 Å². The number of methoxy groups -OCH3 is 1. The van der Waals surface area contributed by atoms with Gasteiger partial charge in [0.25, 0.3) is 0 Å². The number of fused-ring (bicyclic) bond motifs is 1. The van der Waals surface area contributed by atoms with Gasteiger partial charge in [0, 0.05) is 13.7 Å². The van der Waals surface area contributed by atoms with Gasteiger partial charge in [-0.2, -0.15) is 0 Å².